The molecule has 0 aliphatic carbocycles. The van der Waals surface area contributed by atoms with Crippen molar-refractivity contribution in [2.24, 2.45) is 0 Å². The largest absolute Gasteiger partial charge is 0.300 e. The highest BCUT2D eigenvalue weighted by atomic mass is 32.2. The Morgan fingerprint density at radius 2 is 1.97 bits per heavy atom. The Hall–Kier alpha value is -2.11. The maximum atomic E-state index is 12.4. The zero-order valence-electron chi connectivity index (χ0n) is 16.8. The van der Waals surface area contributed by atoms with E-state index in [0.717, 1.165) is 33.1 Å². The molecule has 4 rings (SSSR count). The molecule has 0 bridgehead atoms. The van der Waals surface area contributed by atoms with Crippen molar-refractivity contribution < 1.29 is 4.79 Å². The van der Waals surface area contributed by atoms with Crippen LogP contribution >= 0.6 is 34.4 Å². The van der Waals surface area contributed by atoms with Crippen LogP contribution in [0.4, 0.5) is 5.13 Å². The first-order valence-electron chi connectivity index (χ1n) is 9.28. The van der Waals surface area contributed by atoms with Crippen LogP contribution in [0, 0.1) is 13.8 Å². The third-order valence-electron chi connectivity index (χ3n) is 4.53. The summed E-state index contributed by atoms with van der Waals surface area (Å²) in [4.78, 5) is 19.5. The Morgan fingerprint density at radius 3 is 2.66 bits per heavy atom. The van der Waals surface area contributed by atoms with Gasteiger partial charge in [-0.1, -0.05) is 43.9 Å². The topological polar surface area (TPSA) is 98.0 Å². The maximum Gasteiger partial charge on any atom is 0.236 e. The number of carbonyl (C=O) groups excluding carboxylic acids is 1. The molecule has 0 saturated carbocycles. The summed E-state index contributed by atoms with van der Waals surface area (Å²) in [5, 5.41) is 22.8. The summed E-state index contributed by atoms with van der Waals surface area (Å²) in [6, 6.07) is 0. The van der Waals surface area contributed by atoms with Gasteiger partial charge in [0.05, 0.1) is 11.1 Å². The number of thiophene rings is 1. The minimum Gasteiger partial charge on any atom is -0.300 e. The smallest absolute Gasteiger partial charge is 0.236 e. The van der Waals surface area contributed by atoms with Crippen molar-refractivity contribution >= 4 is 61.3 Å². The van der Waals surface area contributed by atoms with Gasteiger partial charge in [0, 0.05) is 10.8 Å². The highest BCUT2D eigenvalue weighted by Crippen LogP contribution is 2.34. The van der Waals surface area contributed by atoms with Gasteiger partial charge in [0.15, 0.2) is 10.8 Å². The van der Waals surface area contributed by atoms with Gasteiger partial charge in [-0.25, -0.2) is 4.98 Å². The fourth-order valence-electron chi connectivity index (χ4n) is 2.96. The molecule has 152 valence electrons. The van der Waals surface area contributed by atoms with Crippen LogP contribution < -0.4 is 5.32 Å². The number of aryl methyl sites for hydroxylation is 3. The quantitative estimate of drug-likeness (QED) is 0.442. The lowest BCUT2D eigenvalue weighted by atomic mass is 10.2. The van der Waals surface area contributed by atoms with Crippen LogP contribution in [-0.4, -0.2) is 41.4 Å². The molecule has 0 atom stereocenters. The summed E-state index contributed by atoms with van der Waals surface area (Å²) in [7, 11) is 0. The fraction of sp³-hybridized carbons (Fsp3) is 0.444. The molecule has 4 heterocycles. The average Bonchev–Trinajstić information content (AvgIpc) is 3.37. The highest BCUT2D eigenvalue weighted by Gasteiger charge is 2.21. The summed E-state index contributed by atoms with van der Waals surface area (Å²) in [5.41, 5.74) is 1.99. The molecule has 4 aromatic rings. The first kappa shape index (κ1) is 20.2. The first-order chi connectivity index (χ1) is 13.9. The predicted octanol–water partition coefficient (Wildman–Crippen LogP) is 4.22. The lowest BCUT2D eigenvalue weighted by Gasteiger charge is -2.10. The first-order valence-corrected chi connectivity index (χ1v) is 11.9. The van der Waals surface area contributed by atoms with Gasteiger partial charge in [0.1, 0.15) is 15.7 Å². The monoisotopic (exact) mass is 447 g/mol. The van der Waals surface area contributed by atoms with Crippen LogP contribution in [0.25, 0.3) is 15.9 Å². The van der Waals surface area contributed by atoms with Crippen molar-refractivity contribution in [3.8, 4) is 0 Å². The number of anilines is 1. The summed E-state index contributed by atoms with van der Waals surface area (Å²) in [5.74, 6) is 1.16. The third kappa shape index (κ3) is 3.74. The van der Waals surface area contributed by atoms with Crippen molar-refractivity contribution in [3.05, 3.63) is 21.3 Å². The van der Waals surface area contributed by atoms with Gasteiger partial charge in [0.25, 0.3) is 0 Å². The number of fused-ring (bicyclic) bond motifs is 3. The van der Waals surface area contributed by atoms with Crippen molar-refractivity contribution in [1.82, 2.24) is 29.8 Å². The van der Waals surface area contributed by atoms with Gasteiger partial charge in [-0.3, -0.25) is 14.5 Å². The van der Waals surface area contributed by atoms with Gasteiger partial charge in [0.2, 0.25) is 11.0 Å². The van der Waals surface area contributed by atoms with E-state index >= 15 is 0 Å². The lowest BCUT2D eigenvalue weighted by Crippen LogP contribution is -2.14. The van der Waals surface area contributed by atoms with Crippen molar-refractivity contribution in [2.75, 3.05) is 11.1 Å². The molecule has 1 N–H and O–H groups in total. The van der Waals surface area contributed by atoms with Crippen LogP contribution in [0.2, 0.25) is 0 Å². The van der Waals surface area contributed by atoms with Crippen LogP contribution in [0.5, 0.6) is 0 Å². The Balaban J connectivity index is 1.63. The van der Waals surface area contributed by atoms with E-state index in [1.165, 1.54) is 33.5 Å². The number of aromatic nitrogens is 6. The number of amides is 1. The van der Waals surface area contributed by atoms with Gasteiger partial charge in [-0.15, -0.1) is 31.7 Å². The molecule has 0 aliphatic heterocycles. The maximum absolute atomic E-state index is 12.4. The van der Waals surface area contributed by atoms with Crippen molar-refractivity contribution in [3.63, 3.8) is 0 Å². The molecular formula is C18H21N7OS3. The predicted molar refractivity (Wildman–Crippen MR) is 118 cm³/mol. The minimum absolute atomic E-state index is 0.145. The van der Waals surface area contributed by atoms with Crippen molar-refractivity contribution in [1.29, 1.82) is 0 Å². The van der Waals surface area contributed by atoms with Gasteiger partial charge in [-0.2, -0.15) is 0 Å². The Labute approximate surface area is 180 Å². The molecule has 0 spiro atoms. The molecule has 8 nitrogen and oxygen atoms in total. The van der Waals surface area contributed by atoms with E-state index in [9.17, 15) is 4.79 Å². The second-order valence-corrected chi connectivity index (χ2v) is 10.1. The average molecular weight is 448 g/mol. The molecule has 0 fully saturated rings. The molecule has 0 aliphatic rings. The Bertz CT molecular complexity index is 1210. The second-order valence-electron chi connectivity index (χ2n) is 6.92. The summed E-state index contributed by atoms with van der Waals surface area (Å²) < 4.78 is 1.99. The molecule has 11 heteroatoms. The Kier molecular flexibility index (Phi) is 5.54. The number of carbonyl (C=O) groups is 1. The Morgan fingerprint density at radius 1 is 1.17 bits per heavy atom. The SMILES string of the molecule is CCc1nnc(NC(=O)CSc2nnc3c4c(C)c(C)sc4nc(C(C)C)n23)s1. The van der Waals surface area contributed by atoms with E-state index in [2.05, 4.69) is 53.4 Å². The van der Waals surface area contributed by atoms with E-state index in [4.69, 9.17) is 4.98 Å². The number of hydrogen-bond donors (Lipinski definition) is 1. The molecule has 0 radical (unpaired) electrons. The second kappa shape index (κ2) is 7.96. The van der Waals surface area contributed by atoms with E-state index in [-0.39, 0.29) is 17.6 Å². The van der Waals surface area contributed by atoms with Gasteiger partial charge < -0.3 is 0 Å². The molecule has 0 unspecified atom stereocenters. The zero-order valence-corrected chi connectivity index (χ0v) is 19.3. The van der Waals surface area contributed by atoms with Gasteiger partial charge >= 0.3 is 0 Å². The van der Waals surface area contributed by atoms with Crippen LogP contribution in [0.1, 0.15) is 48.0 Å². The van der Waals surface area contributed by atoms with Crippen LogP contribution in [-0.2, 0) is 11.2 Å². The molecule has 0 saturated heterocycles. The summed E-state index contributed by atoms with van der Waals surface area (Å²) in [6.45, 7) is 10.4. The molecular weight excluding hydrogens is 426 g/mol. The van der Waals surface area contributed by atoms with Crippen LogP contribution in [0.15, 0.2) is 5.16 Å². The number of rotatable bonds is 6. The number of hydrogen-bond acceptors (Lipinski definition) is 9. The summed E-state index contributed by atoms with van der Waals surface area (Å²) >= 11 is 4.42. The number of nitrogens with one attached hydrogen (secondary N) is 1. The molecule has 0 aromatic carbocycles. The molecule has 29 heavy (non-hydrogen) atoms. The number of nitrogens with zero attached hydrogens (tertiary/aromatic N) is 6. The third-order valence-corrected chi connectivity index (χ3v) is 7.55. The zero-order chi connectivity index (χ0) is 20.7. The highest BCUT2D eigenvalue weighted by molar-refractivity contribution is 7.99. The fourth-order valence-corrected chi connectivity index (χ4v) is 5.42. The van der Waals surface area contributed by atoms with E-state index in [1.54, 1.807) is 11.3 Å². The normalized spacial score (nSPS) is 11.8. The number of thioether (sulfide) groups is 1. The van der Waals surface area contributed by atoms with Crippen molar-refractivity contribution in [2.45, 2.75) is 52.1 Å². The minimum atomic E-state index is -0.145. The molecule has 4 aromatic heterocycles. The molecule has 1 amide bonds. The van der Waals surface area contributed by atoms with Gasteiger partial charge in [-0.05, 0) is 25.8 Å². The van der Waals surface area contributed by atoms with E-state index in [0.29, 0.717) is 10.3 Å². The summed E-state index contributed by atoms with van der Waals surface area (Å²) in [6.07, 6.45) is 0.801. The van der Waals surface area contributed by atoms with E-state index < -0.39 is 0 Å². The standard InChI is InChI=1S/C18H21N7OS3/c1-6-12-21-23-17(29-12)19-11(26)7-27-18-24-22-15-13-9(4)10(5)28-16(13)20-14(8(2)3)25(15)18/h8H,6-7H2,1-5H3,(H,19,23,26). The van der Waals surface area contributed by atoms with E-state index in [1.807, 2.05) is 11.3 Å². The van der Waals surface area contributed by atoms with Crippen LogP contribution in [0.3, 0.4) is 0 Å². The lowest BCUT2D eigenvalue weighted by molar-refractivity contribution is -0.113.